The molecule has 0 bridgehead atoms. The molecule has 1 aliphatic heterocycles. The van der Waals surface area contributed by atoms with E-state index in [4.69, 9.17) is 4.74 Å². The van der Waals surface area contributed by atoms with Gasteiger partial charge in [0.25, 0.3) is 0 Å². The molecule has 0 N–H and O–H groups in total. The second kappa shape index (κ2) is 5.10. The topological polar surface area (TPSA) is 63.7 Å². The van der Waals surface area contributed by atoms with E-state index in [9.17, 15) is 13.2 Å². The van der Waals surface area contributed by atoms with Crippen LogP contribution in [0.3, 0.4) is 0 Å². The van der Waals surface area contributed by atoms with Crippen molar-refractivity contribution >= 4 is 16.0 Å². The van der Waals surface area contributed by atoms with Crippen molar-refractivity contribution in [3.05, 3.63) is 29.8 Å². The van der Waals surface area contributed by atoms with Gasteiger partial charge < -0.3 is 4.74 Å². The summed E-state index contributed by atoms with van der Waals surface area (Å²) in [5, 5.41) is 0. The molecule has 2 fully saturated rings. The van der Waals surface area contributed by atoms with Crippen molar-refractivity contribution in [1.29, 1.82) is 0 Å². The lowest BCUT2D eigenvalue weighted by Gasteiger charge is -2.26. The van der Waals surface area contributed by atoms with Crippen LogP contribution in [0, 0.1) is 18.8 Å². The van der Waals surface area contributed by atoms with Crippen LogP contribution in [-0.4, -0.2) is 32.0 Å². The fourth-order valence-corrected chi connectivity index (χ4v) is 4.56. The van der Waals surface area contributed by atoms with Gasteiger partial charge in [-0.3, -0.25) is 4.79 Å². The van der Waals surface area contributed by atoms with Gasteiger partial charge in [-0.05, 0) is 31.9 Å². The molecule has 3 rings (SSSR count). The van der Waals surface area contributed by atoms with Gasteiger partial charge in [0.2, 0.25) is 10.0 Å². The first-order valence-electron chi connectivity index (χ1n) is 7.16. The molecule has 2 aliphatic rings. The van der Waals surface area contributed by atoms with Crippen molar-refractivity contribution in [3.63, 3.8) is 0 Å². The number of benzene rings is 1. The van der Waals surface area contributed by atoms with E-state index in [0.29, 0.717) is 0 Å². The minimum Gasteiger partial charge on any atom is -0.445 e. The van der Waals surface area contributed by atoms with Crippen LogP contribution in [0.2, 0.25) is 0 Å². The summed E-state index contributed by atoms with van der Waals surface area (Å²) in [7, 11) is -2.15. The first kappa shape index (κ1) is 14.5. The Morgan fingerprint density at radius 3 is 2.52 bits per heavy atom. The average Bonchev–Trinajstić information content (AvgIpc) is 3.03. The van der Waals surface area contributed by atoms with Crippen molar-refractivity contribution in [2.24, 2.45) is 11.8 Å². The Bertz CT molecular complexity index is 653. The fourth-order valence-electron chi connectivity index (χ4n) is 3.27. The molecule has 3 atom stereocenters. The van der Waals surface area contributed by atoms with E-state index < -0.39 is 16.3 Å². The molecular formula is C15H19NO4S. The highest BCUT2D eigenvalue weighted by Gasteiger charge is 2.51. The van der Waals surface area contributed by atoms with Crippen molar-refractivity contribution in [3.8, 4) is 0 Å². The van der Waals surface area contributed by atoms with E-state index in [0.717, 1.165) is 24.8 Å². The fraction of sp³-hybridized carbons (Fsp3) is 0.533. The summed E-state index contributed by atoms with van der Waals surface area (Å²) in [5.41, 5.74) is 1.000. The van der Waals surface area contributed by atoms with Crippen molar-refractivity contribution in [2.75, 3.05) is 7.05 Å². The van der Waals surface area contributed by atoms with Crippen LogP contribution in [0.15, 0.2) is 29.2 Å². The Kier molecular flexibility index (Phi) is 3.53. The van der Waals surface area contributed by atoms with Gasteiger partial charge in [-0.15, -0.1) is 0 Å². The third kappa shape index (κ3) is 2.36. The summed E-state index contributed by atoms with van der Waals surface area (Å²) in [6.45, 7) is 1.90. The molecule has 0 unspecified atom stereocenters. The predicted molar refractivity (Wildman–Crippen MR) is 76.8 cm³/mol. The summed E-state index contributed by atoms with van der Waals surface area (Å²) in [6, 6.07) is 6.70. The Labute approximate surface area is 124 Å². The van der Waals surface area contributed by atoms with Crippen LogP contribution in [0.1, 0.15) is 24.8 Å². The lowest BCUT2D eigenvalue weighted by molar-refractivity contribution is -0.147. The van der Waals surface area contributed by atoms with E-state index in [-0.39, 0.29) is 22.7 Å². The molecule has 1 saturated heterocycles. The molecule has 6 heteroatoms. The van der Waals surface area contributed by atoms with E-state index in [1.807, 2.05) is 6.92 Å². The predicted octanol–water partition coefficient (Wildman–Crippen LogP) is 1.91. The smallest absolute Gasteiger partial charge is 0.311 e. The maximum atomic E-state index is 12.7. The molecule has 0 spiro atoms. The summed E-state index contributed by atoms with van der Waals surface area (Å²) in [4.78, 5) is 12.1. The SMILES string of the molecule is Cc1ccc(S(=O)(=O)N(C)[C@@H]2OC(=O)[C@H]3CCC[C@H]32)cc1. The van der Waals surface area contributed by atoms with Crippen LogP contribution < -0.4 is 0 Å². The number of sulfonamides is 1. The number of hydrogen-bond acceptors (Lipinski definition) is 4. The number of hydrogen-bond donors (Lipinski definition) is 0. The molecule has 0 radical (unpaired) electrons. The van der Waals surface area contributed by atoms with Crippen LogP contribution in [0.25, 0.3) is 0 Å². The van der Waals surface area contributed by atoms with E-state index in [1.54, 1.807) is 24.3 Å². The number of carbonyl (C=O) groups is 1. The van der Waals surface area contributed by atoms with Gasteiger partial charge in [-0.2, -0.15) is 4.31 Å². The summed E-state index contributed by atoms with van der Waals surface area (Å²) in [5.74, 6) is -0.401. The molecule has 5 nitrogen and oxygen atoms in total. The molecule has 1 saturated carbocycles. The third-order valence-corrected chi connectivity index (χ3v) is 6.37. The lowest BCUT2D eigenvalue weighted by Crippen LogP contribution is -2.40. The van der Waals surface area contributed by atoms with E-state index in [1.165, 1.54) is 11.4 Å². The zero-order chi connectivity index (χ0) is 15.2. The Morgan fingerprint density at radius 2 is 1.86 bits per heavy atom. The highest BCUT2D eigenvalue weighted by Crippen LogP contribution is 2.43. The van der Waals surface area contributed by atoms with Crippen LogP contribution in [0.4, 0.5) is 0 Å². The van der Waals surface area contributed by atoms with Crippen molar-refractivity contribution in [2.45, 2.75) is 37.3 Å². The second-order valence-electron chi connectivity index (χ2n) is 5.86. The number of nitrogens with zero attached hydrogens (tertiary/aromatic N) is 1. The van der Waals surface area contributed by atoms with Crippen LogP contribution in [0.5, 0.6) is 0 Å². The Hall–Kier alpha value is -1.40. The number of rotatable bonds is 3. The molecule has 0 aromatic heterocycles. The molecule has 1 aliphatic carbocycles. The zero-order valence-corrected chi connectivity index (χ0v) is 13.0. The monoisotopic (exact) mass is 309 g/mol. The minimum atomic E-state index is -3.65. The van der Waals surface area contributed by atoms with Gasteiger partial charge in [0.05, 0.1) is 10.8 Å². The Balaban J connectivity index is 1.89. The van der Waals surface area contributed by atoms with E-state index in [2.05, 4.69) is 0 Å². The average molecular weight is 309 g/mol. The highest BCUT2D eigenvalue weighted by molar-refractivity contribution is 7.89. The quantitative estimate of drug-likeness (QED) is 0.800. The van der Waals surface area contributed by atoms with Gasteiger partial charge in [0.15, 0.2) is 6.23 Å². The molecular weight excluding hydrogens is 290 g/mol. The lowest BCUT2D eigenvalue weighted by atomic mass is 9.98. The summed E-state index contributed by atoms with van der Waals surface area (Å²) >= 11 is 0. The minimum absolute atomic E-state index is 0.0114. The number of ether oxygens (including phenoxy) is 1. The first-order valence-corrected chi connectivity index (χ1v) is 8.60. The summed E-state index contributed by atoms with van der Waals surface area (Å²) in [6.07, 6.45) is 1.93. The van der Waals surface area contributed by atoms with Gasteiger partial charge in [0.1, 0.15) is 0 Å². The highest BCUT2D eigenvalue weighted by atomic mass is 32.2. The third-order valence-electron chi connectivity index (χ3n) is 4.53. The molecule has 1 aromatic rings. The number of carbonyl (C=O) groups excluding carboxylic acids is 1. The van der Waals surface area contributed by atoms with E-state index >= 15 is 0 Å². The zero-order valence-electron chi connectivity index (χ0n) is 12.2. The van der Waals surface area contributed by atoms with Gasteiger partial charge >= 0.3 is 5.97 Å². The molecule has 1 heterocycles. The number of aryl methyl sites for hydroxylation is 1. The maximum Gasteiger partial charge on any atom is 0.311 e. The Morgan fingerprint density at radius 1 is 1.19 bits per heavy atom. The van der Waals surface area contributed by atoms with Gasteiger partial charge in [-0.1, -0.05) is 24.1 Å². The molecule has 21 heavy (non-hydrogen) atoms. The van der Waals surface area contributed by atoms with Crippen LogP contribution in [-0.2, 0) is 19.6 Å². The largest absolute Gasteiger partial charge is 0.445 e. The maximum absolute atomic E-state index is 12.7. The number of esters is 1. The second-order valence-corrected chi connectivity index (χ2v) is 7.86. The molecule has 1 aromatic carbocycles. The molecule has 114 valence electrons. The standard InChI is InChI=1S/C15H19NO4S/c1-10-6-8-11(9-7-10)21(18,19)16(2)14-12-4-3-5-13(12)15(17)20-14/h6-9,12-14H,3-5H2,1-2H3/t12-,13+,14-/m1/s1. The number of fused-ring (bicyclic) bond motifs is 1. The number of cyclic esters (lactones) is 1. The van der Waals surface area contributed by atoms with Gasteiger partial charge in [0, 0.05) is 13.0 Å². The normalized spacial score (nSPS) is 28.7. The van der Waals surface area contributed by atoms with Crippen molar-refractivity contribution in [1.82, 2.24) is 4.31 Å². The van der Waals surface area contributed by atoms with Gasteiger partial charge in [-0.25, -0.2) is 8.42 Å². The van der Waals surface area contributed by atoms with Crippen LogP contribution >= 0.6 is 0 Å². The summed E-state index contributed by atoms with van der Waals surface area (Å²) < 4.78 is 31.9. The van der Waals surface area contributed by atoms with Crippen molar-refractivity contribution < 1.29 is 17.9 Å². The first-order chi connectivity index (χ1) is 9.91. The molecule has 0 amide bonds.